The molecule has 1 saturated heterocycles. The Bertz CT molecular complexity index is 659. The molecule has 0 bridgehead atoms. The number of carbonyl (C=O) groups excluding carboxylic acids is 1. The number of benzene rings is 1. The van der Waals surface area contributed by atoms with Gasteiger partial charge in [-0.05, 0) is 37.3 Å². The molecule has 1 unspecified atom stereocenters. The fourth-order valence-electron chi connectivity index (χ4n) is 2.76. The molecule has 4 nitrogen and oxygen atoms in total. The fourth-order valence-corrected chi connectivity index (χ4v) is 3.69. The highest BCUT2D eigenvalue weighted by Gasteiger charge is 2.36. The van der Waals surface area contributed by atoms with E-state index in [-0.39, 0.29) is 12.5 Å². The summed E-state index contributed by atoms with van der Waals surface area (Å²) in [6.45, 7) is 3.20. The van der Waals surface area contributed by atoms with Gasteiger partial charge in [0.15, 0.2) is 0 Å². The zero-order valence-corrected chi connectivity index (χ0v) is 12.8. The van der Waals surface area contributed by atoms with Crippen LogP contribution in [0.3, 0.4) is 0 Å². The third-order valence-corrected chi connectivity index (χ3v) is 5.08. The minimum atomic E-state index is -0.419. The minimum absolute atomic E-state index is 0.0508. The number of ether oxygens (including phenoxy) is 1. The van der Waals surface area contributed by atoms with Gasteiger partial charge in [-0.15, -0.1) is 11.3 Å². The van der Waals surface area contributed by atoms with Crippen LogP contribution in [0.5, 0.6) is 0 Å². The van der Waals surface area contributed by atoms with Crippen LogP contribution in [-0.4, -0.2) is 36.4 Å². The van der Waals surface area contributed by atoms with Crippen molar-refractivity contribution in [3.05, 3.63) is 34.7 Å². The van der Waals surface area contributed by atoms with Crippen LogP contribution in [0.4, 0.5) is 0 Å². The number of carbonyl (C=O) groups is 1. The zero-order valence-electron chi connectivity index (χ0n) is 12.0. The Balaban J connectivity index is 1.82. The van der Waals surface area contributed by atoms with Gasteiger partial charge in [0.25, 0.3) is 5.91 Å². The third kappa shape index (κ3) is 2.95. The molecule has 1 aliphatic rings. The summed E-state index contributed by atoms with van der Waals surface area (Å²) in [4.78, 5) is 13.2. The molecular weight excluding hydrogens is 286 g/mol. The van der Waals surface area contributed by atoms with Crippen molar-refractivity contribution in [2.24, 2.45) is 0 Å². The quantitative estimate of drug-likeness (QED) is 0.912. The smallest absolute Gasteiger partial charge is 0.261 e. The summed E-state index contributed by atoms with van der Waals surface area (Å²) >= 11 is 1.50. The van der Waals surface area contributed by atoms with Crippen molar-refractivity contribution in [2.45, 2.75) is 25.3 Å². The molecule has 21 heavy (non-hydrogen) atoms. The zero-order chi connectivity index (χ0) is 14.9. The van der Waals surface area contributed by atoms with Crippen molar-refractivity contribution in [1.82, 2.24) is 5.32 Å². The average Bonchev–Trinajstić information content (AvgIpc) is 3.05. The monoisotopic (exact) mass is 305 g/mol. The van der Waals surface area contributed by atoms with E-state index in [1.165, 1.54) is 16.9 Å². The molecule has 5 heteroatoms. The van der Waals surface area contributed by atoms with Crippen molar-refractivity contribution in [3.63, 3.8) is 0 Å². The Kier molecular flexibility index (Phi) is 3.97. The number of nitrogens with one attached hydrogen (secondary N) is 1. The molecule has 1 aromatic carbocycles. The van der Waals surface area contributed by atoms with E-state index in [1.54, 1.807) is 0 Å². The lowest BCUT2D eigenvalue weighted by molar-refractivity contribution is 0.0855. The first-order valence-electron chi connectivity index (χ1n) is 7.13. The van der Waals surface area contributed by atoms with Crippen LogP contribution in [0.2, 0.25) is 0 Å². The highest BCUT2D eigenvalue weighted by molar-refractivity contribution is 7.20. The first-order chi connectivity index (χ1) is 10.1. The molecule has 1 atom stereocenters. The Morgan fingerprint density at radius 1 is 1.48 bits per heavy atom. The Hall–Kier alpha value is -1.43. The lowest BCUT2D eigenvalue weighted by atomic mass is 9.94. The van der Waals surface area contributed by atoms with E-state index < -0.39 is 5.54 Å². The number of amides is 1. The molecule has 2 aromatic rings. The minimum Gasteiger partial charge on any atom is -0.396 e. The number of aliphatic hydroxyl groups excluding tert-OH is 1. The van der Waals surface area contributed by atoms with Gasteiger partial charge in [0.2, 0.25) is 0 Å². The summed E-state index contributed by atoms with van der Waals surface area (Å²) in [5.74, 6) is -0.0761. The Morgan fingerprint density at radius 2 is 2.33 bits per heavy atom. The number of hydrogen-bond donors (Lipinski definition) is 2. The highest BCUT2D eigenvalue weighted by atomic mass is 32.1. The first-order valence-corrected chi connectivity index (χ1v) is 7.95. The molecule has 1 amide bonds. The van der Waals surface area contributed by atoms with Crippen molar-refractivity contribution < 1.29 is 14.6 Å². The van der Waals surface area contributed by atoms with Crippen LogP contribution in [0.15, 0.2) is 24.3 Å². The predicted molar refractivity (Wildman–Crippen MR) is 83.9 cm³/mol. The van der Waals surface area contributed by atoms with Gasteiger partial charge in [-0.1, -0.05) is 17.7 Å². The van der Waals surface area contributed by atoms with Gasteiger partial charge in [0.1, 0.15) is 0 Å². The van der Waals surface area contributed by atoms with Crippen LogP contribution in [0, 0.1) is 6.92 Å². The van der Waals surface area contributed by atoms with Crippen molar-refractivity contribution in [1.29, 1.82) is 0 Å². The van der Waals surface area contributed by atoms with Gasteiger partial charge >= 0.3 is 0 Å². The van der Waals surface area contributed by atoms with Crippen LogP contribution in [0.1, 0.15) is 28.1 Å². The number of thiophene rings is 1. The molecule has 2 heterocycles. The standard InChI is InChI=1S/C16H19NO3S/c1-11-2-3-13-12(8-11)9-14(21-13)15(19)17-16(4-6-18)5-7-20-10-16/h2-3,8-9,18H,4-7,10H2,1H3,(H,17,19). The lowest BCUT2D eigenvalue weighted by Crippen LogP contribution is -2.49. The third-order valence-electron chi connectivity index (χ3n) is 3.97. The van der Waals surface area contributed by atoms with Crippen LogP contribution in [0.25, 0.3) is 10.1 Å². The number of hydrogen-bond acceptors (Lipinski definition) is 4. The first kappa shape index (κ1) is 14.5. The van der Waals surface area contributed by atoms with E-state index in [0.29, 0.717) is 24.5 Å². The lowest BCUT2D eigenvalue weighted by Gasteiger charge is -2.27. The van der Waals surface area contributed by atoms with E-state index in [1.807, 2.05) is 19.1 Å². The molecule has 1 aliphatic heterocycles. The fraction of sp³-hybridized carbons (Fsp3) is 0.438. The second kappa shape index (κ2) is 5.75. The summed E-state index contributed by atoms with van der Waals surface area (Å²) in [5.41, 5.74) is 0.769. The van der Waals surface area contributed by atoms with Gasteiger partial charge < -0.3 is 15.2 Å². The van der Waals surface area contributed by atoms with Gasteiger partial charge in [0, 0.05) is 17.9 Å². The number of aryl methyl sites for hydroxylation is 1. The van der Waals surface area contributed by atoms with E-state index in [9.17, 15) is 9.90 Å². The number of aliphatic hydroxyl groups is 1. The number of rotatable bonds is 4. The molecule has 3 rings (SSSR count). The van der Waals surface area contributed by atoms with Gasteiger partial charge in [-0.3, -0.25) is 4.79 Å². The molecule has 0 radical (unpaired) electrons. The molecule has 1 aromatic heterocycles. The largest absolute Gasteiger partial charge is 0.396 e. The van der Waals surface area contributed by atoms with E-state index in [2.05, 4.69) is 17.4 Å². The van der Waals surface area contributed by atoms with E-state index >= 15 is 0 Å². The second-order valence-corrected chi connectivity index (χ2v) is 6.75. The van der Waals surface area contributed by atoms with Gasteiger partial charge in [0.05, 0.1) is 17.0 Å². The summed E-state index contributed by atoms with van der Waals surface area (Å²) in [6.07, 6.45) is 1.28. The Labute approximate surface area is 127 Å². The topological polar surface area (TPSA) is 58.6 Å². The highest BCUT2D eigenvalue weighted by Crippen LogP contribution is 2.28. The molecule has 0 saturated carbocycles. The molecule has 0 spiro atoms. The average molecular weight is 305 g/mol. The van der Waals surface area contributed by atoms with Crippen LogP contribution in [-0.2, 0) is 4.74 Å². The van der Waals surface area contributed by atoms with Crippen molar-refractivity contribution >= 4 is 27.3 Å². The van der Waals surface area contributed by atoms with Crippen LogP contribution < -0.4 is 5.32 Å². The van der Waals surface area contributed by atoms with E-state index in [0.717, 1.165) is 16.5 Å². The normalized spacial score (nSPS) is 21.8. The molecule has 112 valence electrons. The summed E-state index contributed by atoms with van der Waals surface area (Å²) in [5, 5.41) is 13.4. The maximum atomic E-state index is 12.5. The SMILES string of the molecule is Cc1ccc2sc(C(=O)NC3(CCO)CCOC3)cc2c1. The summed E-state index contributed by atoms with van der Waals surface area (Å²) in [7, 11) is 0. The maximum Gasteiger partial charge on any atom is 0.261 e. The van der Waals surface area contributed by atoms with E-state index in [4.69, 9.17) is 4.74 Å². The van der Waals surface area contributed by atoms with Crippen molar-refractivity contribution in [3.8, 4) is 0 Å². The molecule has 2 N–H and O–H groups in total. The molecule has 0 aliphatic carbocycles. The Morgan fingerprint density at radius 3 is 3.05 bits per heavy atom. The number of fused-ring (bicyclic) bond motifs is 1. The molecule has 1 fully saturated rings. The second-order valence-electron chi connectivity index (χ2n) is 5.66. The maximum absolute atomic E-state index is 12.5. The molecular formula is C16H19NO3S. The predicted octanol–water partition coefficient (Wildman–Crippen LogP) is 2.48. The summed E-state index contributed by atoms with van der Waals surface area (Å²) in [6, 6.07) is 8.13. The van der Waals surface area contributed by atoms with Crippen molar-refractivity contribution in [2.75, 3.05) is 19.8 Å². The van der Waals surface area contributed by atoms with Crippen LogP contribution >= 0.6 is 11.3 Å². The summed E-state index contributed by atoms with van der Waals surface area (Å²) < 4.78 is 6.52. The van der Waals surface area contributed by atoms with Gasteiger partial charge in [-0.2, -0.15) is 0 Å². The van der Waals surface area contributed by atoms with Gasteiger partial charge in [-0.25, -0.2) is 0 Å².